The van der Waals surface area contributed by atoms with Crippen LogP contribution in [0.2, 0.25) is 10.0 Å². The number of benzene rings is 2. The molecular weight excluding hydrogens is 353 g/mol. The summed E-state index contributed by atoms with van der Waals surface area (Å²) in [6, 6.07) is 12.9. The molecule has 0 spiro atoms. The van der Waals surface area contributed by atoms with Gasteiger partial charge in [-0.2, -0.15) is 0 Å². The second-order valence-electron chi connectivity index (χ2n) is 4.90. The second kappa shape index (κ2) is 8.48. The quantitative estimate of drug-likeness (QED) is 0.743. The minimum Gasteiger partial charge on any atom is -0.479 e. The molecular formula is C17H17Cl2NO2S. The Kier molecular flexibility index (Phi) is 6.63. The highest BCUT2D eigenvalue weighted by Gasteiger charge is 2.16. The first-order valence-electron chi connectivity index (χ1n) is 7.02. The van der Waals surface area contributed by atoms with Crippen LogP contribution in [0.25, 0.3) is 0 Å². The number of rotatable bonds is 6. The summed E-state index contributed by atoms with van der Waals surface area (Å²) < 4.78 is 5.58. The van der Waals surface area contributed by atoms with Gasteiger partial charge in [-0.25, -0.2) is 0 Å². The van der Waals surface area contributed by atoms with Crippen LogP contribution < -0.4 is 10.1 Å². The molecule has 1 N–H and O–H groups in total. The van der Waals surface area contributed by atoms with Gasteiger partial charge in [-0.15, -0.1) is 11.8 Å². The van der Waals surface area contributed by atoms with Crippen LogP contribution >= 0.6 is 35.0 Å². The fourth-order valence-corrected chi connectivity index (χ4v) is 2.75. The largest absolute Gasteiger partial charge is 0.479 e. The van der Waals surface area contributed by atoms with Gasteiger partial charge in [0.15, 0.2) is 6.10 Å². The molecule has 122 valence electrons. The van der Waals surface area contributed by atoms with Gasteiger partial charge in [0.1, 0.15) is 5.75 Å². The van der Waals surface area contributed by atoms with E-state index in [1.54, 1.807) is 36.9 Å². The van der Waals surface area contributed by atoms with Crippen molar-refractivity contribution in [3.63, 3.8) is 0 Å². The van der Waals surface area contributed by atoms with Gasteiger partial charge in [-0.3, -0.25) is 4.79 Å². The van der Waals surface area contributed by atoms with Gasteiger partial charge in [0, 0.05) is 16.5 Å². The van der Waals surface area contributed by atoms with E-state index < -0.39 is 6.10 Å². The van der Waals surface area contributed by atoms with Crippen molar-refractivity contribution >= 4 is 40.9 Å². The molecule has 2 aromatic carbocycles. The fourth-order valence-electron chi connectivity index (χ4n) is 1.89. The zero-order chi connectivity index (χ0) is 16.8. The third kappa shape index (κ3) is 5.34. The molecule has 0 bridgehead atoms. The first-order chi connectivity index (χ1) is 11.0. The zero-order valence-corrected chi connectivity index (χ0v) is 15.1. The fraction of sp³-hybridized carbons (Fsp3) is 0.235. The number of nitrogens with one attached hydrogen (secondary N) is 1. The first-order valence-corrected chi connectivity index (χ1v) is 9.00. The summed E-state index contributed by atoms with van der Waals surface area (Å²) in [7, 11) is 0. The number of halogens is 2. The number of hydrogen-bond acceptors (Lipinski definition) is 3. The number of carbonyl (C=O) groups excluding carboxylic acids is 1. The summed E-state index contributed by atoms with van der Waals surface area (Å²) in [5, 5.41) is 3.75. The van der Waals surface area contributed by atoms with Crippen molar-refractivity contribution in [1.82, 2.24) is 5.32 Å². The maximum absolute atomic E-state index is 12.1. The lowest BCUT2D eigenvalue weighted by molar-refractivity contribution is -0.127. The van der Waals surface area contributed by atoms with Crippen molar-refractivity contribution in [3.8, 4) is 5.75 Å². The lowest BCUT2D eigenvalue weighted by atomic mass is 10.2. The van der Waals surface area contributed by atoms with Gasteiger partial charge in [-0.1, -0.05) is 35.3 Å². The van der Waals surface area contributed by atoms with Crippen LogP contribution in [0, 0.1) is 0 Å². The van der Waals surface area contributed by atoms with Crippen molar-refractivity contribution in [2.45, 2.75) is 24.5 Å². The third-order valence-corrected chi connectivity index (χ3v) is 4.47. The van der Waals surface area contributed by atoms with E-state index in [9.17, 15) is 4.79 Å². The molecule has 0 fully saturated rings. The minimum atomic E-state index is -0.654. The molecule has 0 aliphatic rings. The molecule has 6 heteroatoms. The van der Waals surface area contributed by atoms with E-state index in [2.05, 4.69) is 5.32 Å². The van der Waals surface area contributed by atoms with Crippen molar-refractivity contribution in [2.24, 2.45) is 0 Å². The van der Waals surface area contributed by atoms with E-state index in [-0.39, 0.29) is 5.91 Å². The highest BCUT2D eigenvalue weighted by molar-refractivity contribution is 7.98. The van der Waals surface area contributed by atoms with Gasteiger partial charge < -0.3 is 10.1 Å². The van der Waals surface area contributed by atoms with E-state index >= 15 is 0 Å². The van der Waals surface area contributed by atoms with Crippen LogP contribution in [-0.2, 0) is 11.3 Å². The molecule has 1 unspecified atom stereocenters. The van der Waals surface area contributed by atoms with Crippen LogP contribution in [0.4, 0.5) is 0 Å². The topological polar surface area (TPSA) is 38.3 Å². The Labute approximate surface area is 150 Å². The van der Waals surface area contributed by atoms with E-state index in [1.165, 1.54) is 4.90 Å². The zero-order valence-electron chi connectivity index (χ0n) is 12.8. The van der Waals surface area contributed by atoms with Crippen LogP contribution in [0.15, 0.2) is 47.4 Å². The molecule has 2 aromatic rings. The monoisotopic (exact) mass is 369 g/mol. The van der Waals surface area contributed by atoms with Crippen molar-refractivity contribution < 1.29 is 9.53 Å². The lowest BCUT2D eigenvalue weighted by Gasteiger charge is -2.16. The van der Waals surface area contributed by atoms with E-state index in [0.29, 0.717) is 22.3 Å². The Hall–Kier alpha value is -1.36. The Morgan fingerprint density at radius 1 is 1.22 bits per heavy atom. The standard InChI is InChI=1S/C17H17Cl2NO2S/c1-11(22-16-8-5-13(18)9-15(16)19)17(21)20-10-12-3-6-14(23-2)7-4-12/h3-9,11H,10H2,1-2H3,(H,20,21). The van der Waals surface area contributed by atoms with Crippen LogP contribution in [0.1, 0.15) is 12.5 Å². The summed E-state index contributed by atoms with van der Waals surface area (Å²) >= 11 is 13.6. The number of amides is 1. The van der Waals surface area contributed by atoms with Gasteiger partial charge in [0.2, 0.25) is 0 Å². The van der Waals surface area contributed by atoms with Gasteiger partial charge in [-0.05, 0) is 49.1 Å². The number of carbonyl (C=O) groups is 1. The van der Waals surface area contributed by atoms with Gasteiger partial charge in [0.25, 0.3) is 5.91 Å². The highest BCUT2D eigenvalue weighted by atomic mass is 35.5. The summed E-state index contributed by atoms with van der Waals surface area (Å²) in [6.45, 7) is 2.13. The molecule has 1 amide bonds. The second-order valence-corrected chi connectivity index (χ2v) is 6.62. The van der Waals surface area contributed by atoms with Crippen molar-refractivity contribution in [3.05, 3.63) is 58.1 Å². The molecule has 0 heterocycles. The Morgan fingerprint density at radius 2 is 1.91 bits per heavy atom. The average Bonchev–Trinajstić information content (AvgIpc) is 2.55. The molecule has 0 saturated carbocycles. The third-order valence-electron chi connectivity index (χ3n) is 3.19. The molecule has 23 heavy (non-hydrogen) atoms. The van der Waals surface area contributed by atoms with Crippen LogP contribution in [-0.4, -0.2) is 18.3 Å². The maximum Gasteiger partial charge on any atom is 0.261 e. The molecule has 0 radical (unpaired) electrons. The SMILES string of the molecule is CSc1ccc(CNC(=O)C(C)Oc2ccc(Cl)cc2Cl)cc1. The van der Waals surface area contributed by atoms with Crippen LogP contribution in [0.3, 0.4) is 0 Å². The van der Waals surface area contributed by atoms with E-state index in [0.717, 1.165) is 5.56 Å². The predicted molar refractivity (Wildman–Crippen MR) is 96.6 cm³/mol. The molecule has 0 saturated heterocycles. The first kappa shape index (κ1) is 18.0. The number of ether oxygens (including phenoxy) is 1. The van der Waals surface area contributed by atoms with Gasteiger partial charge in [0.05, 0.1) is 5.02 Å². The summed E-state index contributed by atoms with van der Waals surface area (Å²) in [5.41, 5.74) is 1.04. The van der Waals surface area contributed by atoms with E-state index in [1.807, 2.05) is 30.5 Å². The van der Waals surface area contributed by atoms with E-state index in [4.69, 9.17) is 27.9 Å². The predicted octanol–water partition coefficient (Wildman–Crippen LogP) is 4.80. The Morgan fingerprint density at radius 3 is 2.52 bits per heavy atom. The molecule has 2 rings (SSSR count). The smallest absolute Gasteiger partial charge is 0.261 e. The summed E-state index contributed by atoms with van der Waals surface area (Å²) in [5.74, 6) is 0.230. The van der Waals surface area contributed by atoms with Crippen molar-refractivity contribution in [2.75, 3.05) is 6.26 Å². The minimum absolute atomic E-state index is 0.204. The Bertz CT molecular complexity index is 677. The van der Waals surface area contributed by atoms with Crippen LogP contribution in [0.5, 0.6) is 5.75 Å². The number of hydrogen-bond donors (Lipinski definition) is 1. The molecule has 1 atom stereocenters. The lowest BCUT2D eigenvalue weighted by Crippen LogP contribution is -2.35. The number of thioether (sulfide) groups is 1. The normalized spacial score (nSPS) is 11.8. The van der Waals surface area contributed by atoms with Crippen molar-refractivity contribution in [1.29, 1.82) is 0 Å². The molecule has 0 aromatic heterocycles. The molecule has 0 aliphatic carbocycles. The maximum atomic E-state index is 12.1. The molecule has 3 nitrogen and oxygen atoms in total. The van der Waals surface area contributed by atoms with Gasteiger partial charge >= 0.3 is 0 Å². The average molecular weight is 370 g/mol. The summed E-state index contributed by atoms with van der Waals surface area (Å²) in [6.07, 6.45) is 1.37. The molecule has 0 aliphatic heterocycles. The highest BCUT2D eigenvalue weighted by Crippen LogP contribution is 2.28. The Balaban J connectivity index is 1.89. The summed E-state index contributed by atoms with van der Waals surface area (Å²) in [4.78, 5) is 13.3.